The number of H-pyrrole nitrogens is 1. The van der Waals surface area contributed by atoms with E-state index in [9.17, 15) is 14.7 Å². The molecule has 0 saturated carbocycles. The summed E-state index contributed by atoms with van der Waals surface area (Å²) in [5.74, 6) is 0.681. The lowest BCUT2D eigenvalue weighted by Crippen LogP contribution is -2.65. The third-order valence-corrected chi connectivity index (χ3v) is 11.9. The van der Waals surface area contributed by atoms with Gasteiger partial charge in [-0.2, -0.15) is 0 Å². The topological polar surface area (TPSA) is 121 Å². The Labute approximate surface area is 199 Å². The van der Waals surface area contributed by atoms with Crippen LogP contribution in [0.5, 0.6) is 11.5 Å². The normalized spacial score (nSPS) is 27.0. The Balaban J connectivity index is 1.82. The summed E-state index contributed by atoms with van der Waals surface area (Å²) in [6, 6.07) is 3.03. The van der Waals surface area contributed by atoms with Gasteiger partial charge in [-0.25, -0.2) is 4.79 Å². The largest absolute Gasteiger partial charge is 0.493 e. The Bertz CT molecular complexity index is 1190. The van der Waals surface area contributed by atoms with Crippen LogP contribution in [0.2, 0.25) is 10.1 Å². The fraction of sp³-hybridized carbons (Fsp3) is 0.652. The molecule has 0 amide bonds. The molecule has 2 fully saturated rings. The first-order chi connectivity index (χ1) is 15.8. The fourth-order valence-corrected chi connectivity index (χ4v) is 10.4. The zero-order valence-electron chi connectivity index (χ0n) is 20.9. The second-order valence-electron chi connectivity index (χ2n) is 10.9. The number of aromatic amines is 1. The average Bonchev–Trinajstić information content (AvgIpc) is 3.06. The quantitative estimate of drug-likeness (QED) is 0.624. The number of rotatable bonds is 3. The zero-order chi connectivity index (χ0) is 25.2. The maximum atomic E-state index is 13.0. The van der Waals surface area contributed by atoms with Crippen LogP contribution in [0.25, 0.3) is 10.9 Å². The van der Waals surface area contributed by atoms with Crippen LogP contribution in [-0.4, -0.2) is 62.4 Å². The number of hydrogen-bond acceptors (Lipinski definition) is 8. The van der Waals surface area contributed by atoms with Gasteiger partial charge in [-0.1, -0.05) is 41.5 Å². The highest BCUT2D eigenvalue weighted by molar-refractivity contribution is 6.73. The van der Waals surface area contributed by atoms with Crippen LogP contribution in [0.4, 0.5) is 0 Å². The highest BCUT2D eigenvalue weighted by Crippen LogP contribution is 2.55. The second kappa shape index (κ2) is 8.20. The van der Waals surface area contributed by atoms with Crippen molar-refractivity contribution in [2.75, 3.05) is 20.8 Å². The van der Waals surface area contributed by atoms with Crippen molar-refractivity contribution in [1.29, 1.82) is 0 Å². The number of hydrogen-bond donors (Lipinski definition) is 2. The van der Waals surface area contributed by atoms with Gasteiger partial charge in [0.15, 0.2) is 17.7 Å². The monoisotopic (exact) mass is 494 g/mol. The SMILES string of the molecule is COc1cc2c(=O)[nH]c(=O)n([C@@H]3O[C@@H]4CO[Si](C(C)(C)C)(C(C)(C)C)O[C@H]4[C@@H]3O)c2cc1OC. The van der Waals surface area contributed by atoms with E-state index in [0.29, 0.717) is 11.5 Å². The standard InChI is InChI=1S/C23H34N2O8Si/c1-22(2,3)34(23(4,5)6)31-11-16-18(33-34)17(26)20(32-16)25-13-10-15(30-8)14(29-7)9-12(13)19(27)24-21(25)28/h9-10,16-18,20,26H,11H2,1-8H3,(H,24,27,28)/t16-,17+,18-,20-/m1/s1. The maximum absolute atomic E-state index is 13.0. The van der Waals surface area contributed by atoms with Gasteiger partial charge >= 0.3 is 14.3 Å². The summed E-state index contributed by atoms with van der Waals surface area (Å²) >= 11 is 0. The van der Waals surface area contributed by atoms with E-state index >= 15 is 0 Å². The minimum Gasteiger partial charge on any atom is -0.493 e. The van der Waals surface area contributed by atoms with E-state index in [4.69, 9.17) is 23.1 Å². The lowest BCUT2D eigenvalue weighted by Gasteiger charge is -2.53. The van der Waals surface area contributed by atoms with E-state index in [0.717, 1.165) is 0 Å². The Hall–Kier alpha value is -2.18. The van der Waals surface area contributed by atoms with Crippen LogP contribution >= 0.6 is 0 Å². The first-order valence-corrected chi connectivity index (χ1v) is 13.1. The number of benzene rings is 1. The lowest BCUT2D eigenvalue weighted by atomic mass is 10.1. The number of ether oxygens (including phenoxy) is 3. The van der Waals surface area contributed by atoms with Crippen LogP contribution < -0.4 is 20.7 Å². The number of methoxy groups -OCH3 is 2. The molecule has 0 bridgehead atoms. The van der Waals surface area contributed by atoms with E-state index in [-0.39, 0.29) is 27.6 Å². The molecule has 0 aliphatic carbocycles. The van der Waals surface area contributed by atoms with Gasteiger partial charge < -0.3 is 28.2 Å². The van der Waals surface area contributed by atoms with Crippen LogP contribution in [0, 0.1) is 0 Å². The van der Waals surface area contributed by atoms with Gasteiger partial charge in [-0.05, 0) is 6.07 Å². The van der Waals surface area contributed by atoms with E-state index in [1.54, 1.807) is 0 Å². The molecule has 1 aromatic carbocycles. The molecule has 4 rings (SSSR count). The van der Waals surface area contributed by atoms with Crippen molar-refractivity contribution in [2.45, 2.75) is 76.2 Å². The summed E-state index contributed by atoms with van der Waals surface area (Å²) in [7, 11) is 0.0510. The molecule has 3 heterocycles. The van der Waals surface area contributed by atoms with Gasteiger partial charge in [0, 0.05) is 16.1 Å². The maximum Gasteiger partial charge on any atom is 0.349 e. The van der Waals surface area contributed by atoms with E-state index in [2.05, 4.69) is 46.5 Å². The van der Waals surface area contributed by atoms with Gasteiger partial charge in [-0.3, -0.25) is 14.3 Å². The molecule has 2 aliphatic rings. The molecule has 11 heteroatoms. The van der Waals surface area contributed by atoms with Crippen molar-refractivity contribution in [2.24, 2.45) is 0 Å². The van der Waals surface area contributed by atoms with Crippen molar-refractivity contribution < 1.29 is 28.2 Å². The predicted molar refractivity (Wildman–Crippen MR) is 128 cm³/mol. The summed E-state index contributed by atoms with van der Waals surface area (Å²) in [5.41, 5.74) is -1.03. The molecular weight excluding hydrogens is 460 g/mol. The number of aromatic nitrogens is 2. The van der Waals surface area contributed by atoms with Gasteiger partial charge in [0.05, 0.1) is 31.7 Å². The minimum absolute atomic E-state index is 0.202. The number of nitrogens with zero attached hydrogens (tertiary/aromatic N) is 1. The summed E-state index contributed by atoms with van der Waals surface area (Å²) < 4.78 is 31.1. The molecule has 0 unspecified atom stereocenters. The molecule has 2 aromatic rings. The minimum atomic E-state index is -2.87. The Kier molecular flexibility index (Phi) is 6.01. The molecule has 0 spiro atoms. The molecule has 2 N–H and O–H groups in total. The van der Waals surface area contributed by atoms with Gasteiger partial charge in [-0.15, -0.1) is 0 Å². The highest BCUT2D eigenvalue weighted by Gasteiger charge is 2.65. The third-order valence-electron chi connectivity index (χ3n) is 6.74. The smallest absolute Gasteiger partial charge is 0.349 e. The molecule has 34 heavy (non-hydrogen) atoms. The first kappa shape index (κ1) is 24.9. The third kappa shape index (κ3) is 3.61. The van der Waals surface area contributed by atoms with Crippen molar-refractivity contribution in [3.05, 3.63) is 33.0 Å². The lowest BCUT2D eigenvalue weighted by molar-refractivity contribution is -0.0801. The summed E-state index contributed by atoms with van der Waals surface area (Å²) in [6.07, 6.45) is -3.50. The van der Waals surface area contributed by atoms with Gasteiger partial charge in [0.1, 0.15) is 18.3 Å². The second-order valence-corrected chi connectivity index (χ2v) is 15.7. The van der Waals surface area contributed by atoms with Gasteiger partial charge in [0.25, 0.3) is 5.56 Å². The van der Waals surface area contributed by atoms with Crippen molar-refractivity contribution in [3.8, 4) is 11.5 Å². The van der Waals surface area contributed by atoms with Crippen molar-refractivity contribution in [1.82, 2.24) is 9.55 Å². The molecular formula is C23H34N2O8Si. The van der Waals surface area contributed by atoms with E-state index < -0.39 is 44.3 Å². The number of nitrogens with one attached hydrogen (secondary N) is 1. The Morgan fingerprint density at radius 1 is 1.06 bits per heavy atom. The van der Waals surface area contributed by atoms with Crippen LogP contribution in [0.3, 0.4) is 0 Å². The highest BCUT2D eigenvalue weighted by atomic mass is 28.4. The van der Waals surface area contributed by atoms with Crippen molar-refractivity contribution >= 4 is 19.5 Å². The van der Waals surface area contributed by atoms with Crippen LogP contribution in [0.1, 0.15) is 47.8 Å². The molecule has 188 valence electrons. The van der Waals surface area contributed by atoms with E-state index in [1.807, 2.05) is 0 Å². The Morgan fingerprint density at radius 2 is 1.65 bits per heavy atom. The number of aliphatic hydroxyl groups excluding tert-OH is 1. The molecule has 2 saturated heterocycles. The Morgan fingerprint density at radius 3 is 2.21 bits per heavy atom. The number of aliphatic hydroxyl groups is 1. The zero-order valence-corrected chi connectivity index (χ0v) is 21.9. The number of fused-ring (bicyclic) bond motifs is 2. The predicted octanol–water partition coefficient (Wildman–Crippen LogP) is 2.42. The van der Waals surface area contributed by atoms with E-state index in [1.165, 1.54) is 30.9 Å². The summed E-state index contributed by atoms with van der Waals surface area (Å²) in [6.45, 7) is 12.8. The molecule has 0 radical (unpaired) electrons. The first-order valence-electron chi connectivity index (χ1n) is 11.3. The van der Waals surface area contributed by atoms with Crippen LogP contribution in [-0.2, 0) is 13.6 Å². The average molecular weight is 495 g/mol. The van der Waals surface area contributed by atoms with Crippen molar-refractivity contribution in [3.63, 3.8) is 0 Å². The molecule has 2 aliphatic heterocycles. The fourth-order valence-electron chi connectivity index (χ4n) is 5.39. The van der Waals surface area contributed by atoms with Crippen LogP contribution in [0.15, 0.2) is 21.7 Å². The molecule has 4 atom stereocenters. The molecule has 1 aromatic heterocycles. The van der Waals surface area contributed by atoms with Gasteiger partial charge in [0.2, 0.25) is 0 Å². The summed E-state index contributed by atoms with van der Waals surface area (Å²) in [4.78, 5) is 27.9. The molecule has 10 nitrogen and oxygen atoms in total. The summed E-state index contributed by atoms with van der Waals surface area (Å²) in [5, 5.41) is 11.0.